The van der Waals surface area contributed by atoms with Crippen molar-refractivity contribution in [3.05, 3.63) is 18.6 Å². The molecule has 1 aromatic rings. The number of carboxylic acids is 1. The molecule has 2 unspecified atom stereocenters. The third-order valence-electron chi connectivity index (χ3n) is 3.76. The summed E-state index contributed by atoms with van der Waals surface area (Å²) in [4.78, 5) is 19.9. The van der Waals surface area contributed by atoms with Crippen LogP contribution in [0, 0.1) is 0 Å². The maximum absolute atomic E-state index is 11.6. The van der Waals surface area contributed by atoms with Gasteiger partial charge in [0.05, 0.1) is 6.20 Å². The van der Waals surface area contributed by atoms with Crippen molar-refractivity contribution in [3.63, 3.8) is 0 Å². The average Bonchev–Trinajstić information content (AvgIpc) is 3.11. The van der Waals surface area contributed by atoms with Crippen LogP contribution in [0.2, 0.25) is 0 Å². The van der Waals surface area contributed by atoms with Crippen molar-refractivity contribution in [3.8, 4) is 0 Å². The van der Waals surface area contributed by atoms with Crippen molar-refractivity contribution in [1.82, 2.24) is 15.3 Å². The van der Waals surface area contributed by atoms with Gasteiger partial charge in [-0.05, 0) is 32.1 Å². The molecule has 3 rings (SSSR count). The number of rotatable bonds is 5. The molecule has 2 atom stereocenters. The van der Waals surface area contributed by atoms with Gasteiger partial charge in [0.15, 0.2) is 0 Å². The molecule has 2 aliphatic rings. The van der Waals surface area contributed by atoms with Crippen molar-refractivity contribution >= 4 is 17.7 Å². The molecule has 2 fully saturated rings. The van der Waals surface area contributed by atoms with Crippen LogP contribution < -0.4 is 5.32 Å². The Labute approximate surface area is 116 Å². The molecule has 1 aromatic heterocycles. The molecule has 6 heteroatoms. The van der Waals surface area contributed by atoms with Crippen LogP contribution in [0.5, 0.6) is 0 Å². The van der Waals surface area contributed by atoms with E-state index >= 15 is 0 Å². The summed E-state index contributed by atoms with van der Waals surface area (Å²) in [7, 11) is 0. The van der Waals surface area contributed by atoms with Crippen LogP contribution in [-0.4, -0.2) is 37.9 Å². The molecule has 2 N–H and O–H groups in total. The number of aliphatic carboxylic acids is 1. The number of carboxylic acid groups (broad SMARTS) is 1. The minimum Gasteiger partial charge on any atom is -0.480 e. The Morgan fingerprint density at radius 2 is 2.26 bits per heavy atom. The lowest BCUT2D eigenvalue weighted by Gasteiger charge is -2.26. The summed E-state index contributed by atoms with van der Waals surface area (Å²) in [5.41, 5.74) is -0.721. The topological polar surface area (TPSA) is 75.1 Å². The highest BCUT2D eigenvalue weighted by atomic mass is 32.2. The van der Waals surface area contributed by atoms with Crippen LogP contribution in [0.25, 0.3) is 0 Å². The summed E-state index contributed by atoms with van der Waals surface area (Å²) in [6.07, 6.45) is 9.55. The molecule has 0 aliphatic heterocycles. The van der Waals surface area contributed by atoms with Crippen LogP contribution in [0.1, 0.15) is 32.1 Å². The van der Waals surface area contributed by atoms with Gasteiger partial charge in [-0.1, -0.05) is 0 Å². The van der Waals surface area contributed by atoms with Crippen LogP contribution in [0.4, 0.5) is 0 Å². The molecule has 5 nitrogen and oxygen atoms in total. The van der Waals surface area contributed by atoms with Gasteiger partial charge in [0.1, 0.15) is 10.6 Å². The van der Waals surface area contributed by atoms with Gasteiger partial charge in [0.25, 0.3) is 0 Å². The molecule has 1 heterocycles. The van der Waals surface area contributed by atoms with E-state index in [4.69, 9.17) is 0 Å². The molecule has 0 amide bonds. The average molecular weight is 279 g/mol. The predicted molar refractivity (Wildman–Crippen MR) is 72.1 cm³/mol. The summed E-state index contributed by atoms with van der Waals surface area (Å²) < 4.78 is 0. The number of thioether (sulfide) groups is 1. The normalized spacial score (nSPS) is 30.4. The minimum absolute atomic E-state index is 0.305. The number of nitrogens with zero attached hydrogens (tertiary/aromatic N) is 2. The maximum atomic E-state index is 11.6. The van der Waals surface area contributed by atoms with Gasteiger partial charge in [0.2, 0.25) is 0 Å². The third kappa shape index (κ3) is 2.90. The van der Waals surface area contributed by atoms with E-state index in [2.05, 4.69) is 15.3 Å². The smallest absolute Gasteiger partial charge is 0.323 e. The lowest BCUT2D eigenvalue weighted by Crippen LogP contribution is -2.51. The summed E-state index contributed by atoms with van der Waals surface area (Å²) in [5.74, 6) is -0.707. The molecule has 2 saturated carbocycles. The van der Waals surface area contributed by atoms with Crippen molar-refractivity contribution in [2.75, 3.05) is 0 Å². The van der Waals surface area contributed by atoms with Gasteiger partial charge in [0, 0.05) is 23.7 Å². The van der Waals surface area contributed by atoms with Crippen molar-refractivity contribution in [1.29, 1.82) is 0 Å². The van der Waals surface area contributed by atoms with E-state index in [0.29, 0.717) is 24.1 Å². The molecular formula is C13H17N3O2S. The zero-order chi connectivity index (χ0) is 13.3. The van der Waals surface area contributed by atoms with Gasteiger partial charge in [-0.2, -0.15) is 0 Å². The number of nitrogens with one attached hydrogen (secondary N) is 1. The molecular weight excluding hydrogens is 262 g/mol. The molecule has 0 aromatic carbocycles. The molecule has 102 valence electrons. The second-order valence-electron chi connectivity index (χ2n) is 5.33. The molecule has 0 radical (unpaired) electrons. The predicted octanol–water partition coefficient (Wildman–Crippen LogP) is 1.70. The monoisotopic (exact) mass is 279 g/mol. The van der Waals surface area contributed by atoms with E-state index < -0.39 is 11.5 Å². The second-order valence-corrected chi connectivity index (χ2v) is 6.65. The molecule has 0 spiro atoms. The fourth-order valence-corrected chi connectivity index (χ4v) is 3.81. The zero-order valence-corrected chi connectivity index (χ0v) is 11.4. The Morgan fingerprint density at radius 1 is 1.42 bits per heavy atom. The zero-order valence-electron chi connectivity index (χ0n) is 10.6. The first kappa shape index (κ1) is 12.9. The fourth-order valence-electron chi connectivity index (χ4n) is 2.62. The number of aromatic nitrogens is 2. The Kier molecular flexibility index (Phi) is 3.45. The Morgan fingerprint density at radius 3 is 2.89 bits per heavy atom. The first-order valence-electron chi connectivity index (χ1n) is 6.62. The van der Waals surface area contributed by atoms with Gasteiger partial charge in [-0.15, -0.1) is 11.8 Å². The van der Waals surface area contributed by atoms with Gasteiger partial charge in [-0.25, -0.2) is 4.98 Å². The molecule has 0 bridgehead atoms. The first-order valence-corrected chi connectivity index (χ1v) is 7.50. The quantitative estimate of drug-likeness (QED) is 0.854. The van der Waals surface area contributed by atoms with E-state index in [1.54, 1.807) is 30.4 Å². The van der Waals surface area contributed by atoms with Gasteiger partial charge >= 0.3 is 5.97 Å². The van der Waals surface area contributed by atoms with Crippen LogP contribution in [0.15, 0.2) is 23.6 Å². The summed E-state index contributed by atoms with van der Waals surface area (Å²) in [6, 6.07) is 0.413. The number of hydrogen-bond donors (Lipinski definition) is 2. The van der Waals surface area contributed by atoms with Gasteiger partial charge < -0.3 is 5.11 Å². The largest absolute Gasteiger partial charge is 0.480 e. The Bertz CT molecular complexity index is 466. The van der Waals surface area contributed by atoms with Crippen LogP contribution >= 0.6 is 11.8 Å². The van der Waals surface area contributed by atoms with E-state index in [9.17, 15) is 9.90 Å². The molecule has 0 saturated heterocycles. The van der Waals surface area contributed by atoms with Crippen molar-refractivity contribution in [2.45, 2.75) is 54.0 Å². The van der Waals surface area contributed by atoms with E-state index in [-0.39, 0.29) is 0 Å². The van der Waals surface area contributed by atoms with Crippen molar-refractivity contribution < 1.29 is 9.90 Å². The minimum atomic E-state index is -0.721. The number of hydrogen-bond acceptors (Lipinski definition) is 5. The standard InChI is InChI=1S/C13H17N3O2S/c17-12(18)13(16-9-1-2-9)4-3-10(7-13)19-11-8-14-5-6-15-11/h5-6,8-10,16H,1-4,7H2,(H,17,18). The highest BCUT2D eigenvalue weighted by molar-refractivity contribution is 7.99. The Hall–Kier alpha value is -1.14. The molecule has 19 heavy (non-hydrogen) atoms. The Balaban J connectivity index is 1.65. The molecule has 2 aliphatic carbocycles. The fraction of sp³-hybridized carbons (Fsp3) is 0.615. The van der Waals surface area contributed by atoms with Crippen molar-refractivity contribution in [2.24, 2.45) is 0 Å². The van der Waals surface area contributed by atoms with Gasteiger partial charge in [-0.3, -0.25) is 15.1 Å². The summed E-state index contributed by atoms with van der Waals surface area (Å²) in [5, 5.41) is 14.0. The summed E-state index contributed by atoms with van der Waals surface area (Å²) >= 11 is 1.64. The number of carbonyl (C=O) groups is 1. The van der Waals surface area contributed by atoms with E-state index in [0.717, 1.165) is 24.3 Å². The van der Waals surface area contributed by atoms with Crippen LogP contribution in [-0.2, 0) is 4.79 Å². The highest BCUT2D eigenvalue weighted by Crippen LogP contribution is 2.41. The lowest BCUT2D eigenvalue weighted by molar-refractivity contribution is -0.144. The third-order valence-corrected chi connectivity index (χ3v) is 4.95. The van der Waals surface area contributed by atoms with E-state index in [1.165, 1.54) is 0 Å². The summed E-state index contributed by atoms with van der Waals surface area (Å²) in [6.45, 7) is 0. The highest BCUT2D eigenvalue weighted by Gasteiger charge is 2.48. The first-order chi connectivity index (χ1) is 9.18. The SMILES string of the molecule is O=C(O)C1(NC2CC2)CCC(Sc2cnccn2)C1. The second kappa shape index (κ2) is 5.09. The van der Waals surface area contributed by atoms with Crippen LogP contribution in [0.3, 0.4) is 0 Å². The van der Waals surface area contributed by atoms with E-state index in [1.807, 2.05) is 0 Å². The lowest BCUT2D eigenvalue weighted by atomic mass is 9.98. The maximum Gasteiger partial charge on any atom is 0.323 e.